The molecule has 24 nitrogen and oxygen atoms in total. The molecule has 0 aromatic heterocycles. The highest BCUT2D eigenvalue weighted by Gasteiger charge is 2.29. The molecule has 0 N–H and O–H groups in total. The molecule has 0 spiro atoms. The van der Waals surface area contributed by atoms with Crippen LogP contribution in [-0.4, -0.2) is 190 Å². The number of ether oxygens (including phenoxy) is 16. The maximum atomic E-state index is 12.7. The van der Waals surface area contributed by atoms with Gasteiger partial charge in [0.05, 0.1) is 71.5 Å². The van der Waals surface area contributed by atoms with Crippen molar-refractivity contribution < 1.29 is 114 Å². The van der Waals surface area contributed by atoms with Crippen molar-refractivity contribution in [3.8, 4) is 11.5 Å². The normalized spacial score (nSPS) is 13.1. The Kier molecular flexibility index (Phi) is 36.7. The minimum atomic E-state index is -1.05. The third-order valence-corrected chi connectivity index (χ3v) is 12.8. The standard InChI is InChI=1S/C70H96O24/c1-44(2)61(71)87-40-57(91-65(75)48(9)10)34-81-30-28-79-32-55(85-38-59(92-66(76)49(11)12)42-89-63(73)46(5)6)36-83-53-24-20-51(21-25-53)70(18,19)52-22-26-54(27-23-52)84-37-56(86-39-60(93-67(77)50(13)14)43-90-64(74)47(7)8)33-80-29-31-82-35-58(41-88-62(72)45(3)4)94-68(78)69(15,16)17/h20-27,55-60H,1,3,5,7,9,11,13,28-43H2,2,4,6,8,10,12,14-19H3. The lowest BCUT2D eigenvalue weighted by molar-refractivity contribution is -0.169. The quantitative estimate of drug-likeness (QED) is 0.0260. The van der Waals surface area contributed by atoms with Crippen LogP contribution in [0.4, 0.5) is 0 Å². The van der Waals surface area contributed by atoms with Gasteiger partial charge in [0.1, 0.15) is 63.3 Å². The number of hydrogen-bond donors (Lipinski definition) is 0. The summed E-state index contributed by atoms with van der Waals surface area (Å²) in [4.78, 5) is 98.9. The fraction of sp³-hybridized carbons (Fsp3) is 0.514. The molecular weight excluding hydrogens is 1220 g/mol. The van der Waals surface area contributed by atoms with Crippen LogP contribution in [0.2, 0.25) is 0 Å². The van der Waals surface area contributed by atoms with E-state index >= 15 is 0 Å². The highest BCUT2D eigenvalue weighted by Crippen LogP contribution is 2.34. The predicted octanol–water partition coefficient (Wildman–Crippen LogP) is 8.51. The maximum absolute atomic E-state index is 12.7. The maximum Gasteiger partial charge on any atom is 0.333 e. The van der Waals surface area contributed by atoms with Gasteiger partial charge in [-0.15, -0.1) is 0 Å². The monoisotopic (exact) mass is 1320 g/mol. The molecule has 2 rings (SSSR count). The van der Waals surface area contributed by atoms with Gasteiger partial charge in [0.15, 0.2) is 24.4 Å². The largest absolute Gasteiger partial charge is 0.491 e. The van der Waals surface area contributed by atoms with Crippen LogP contribution in [0.25, 0.3) is 0 Å². The van der Waals surface area contributed by atoms with E-state index in [4.69, 9.17) is 75.8 Å². The summed E-state index contributed by atoms with van der Waals surface area (Å²) < 4.78 is 91.1. The van der Waals surface area contributed by atoms with Crippen LogP contribution in [0.15, 0.2) is 134 Å². The molecule has 6 unspecified atom stereocenters. The van der Waals surface area contributed by atoms with Crippen LogP contribution in [0, 0.1) is 5.41 Å². The molecule has 0 aliphatic heterocycles. The van der Waals surface area contributed by atoms with Gasteiger partial charge in [0.25, 0.3) is 0 Å². The summed E-state index contributed by atoms with van der Waals surface area (Å²) in [6.45, 7) is 42.7. The van der Waals surface area contributed by atoms with Crippen molar-refractivity contribution in [2.75, 3.05) is 106 Å². The second-order valence-corrected chi connectivity index (χ2v) is 23.7. The predicted molar refractivity (Wildman–Crippen MR) is 345 cm³/mol. The lowest BCUT2D eigenvalue weighted by Gasteiger charge is -2.27. The topological polar surface area (TPSA) is 284 Å². The fourth-order valence-electron chi connectivity index (χ4n) is 7.07. The zero-order valence-corrected chi connectivity index (χ0v) is 56.6. The SMILES string of the molecule is C=C(C)C(=O)OCC(COCCOCC(COc1ccc(C(C)(C)c2ccc(OCC(COCCOCC(COC(=O)C(=C)C)OC(=O)C(C)(C)C)OCC(COC(=O)C(=C)C)OC(=O)C(=C)C)cc2)cc1)OCC(COC(=O)C(=C)C)OC(=O)C(=C)C)OC(=O)C(=C)C. The Balaban J connectivity index is 2.28. The highest BCUT2D eigenvalue weighted by molar-refractivity contribution is 5.90. The second kappa shape index (κ2) is 42.1. The average molecular weight is 1320 g/mol. The summed E-state index contributed by atoms with van der Waals surface area (Å²) in [5.41, 5.74) is 1.49. The van der Waals surface area contributed by atoms with E-state index in [2.05, 4.69) is 59.9 Å². The first-order chi connectivity index (χ1) is 44.1. The summed E-state index contributed by atoms with van der Waals surface area (Å²) in [5.74, 6) is -4.37. The number of carbonyl (C=O) groups excluding carboxylic acids is 8. The van der Waals surface area contributed by atoms with Crippen LogP contribution < -0.4 is 9.47 Å². The second-order valence-electron chi connectivity index (χ2n) is 23.7. The molecule has 0 aliphatic rings. The zero-order chi connectivity index (χ0) is 70.7. The summed E-state index contributed by atoms with van der Waals surface area (Å²) in [5, 5.41) is 0. The first-order valence-corrected chi connectivity index (χ1v) is 30.2. The Morgan fingerprint density at radius 2 is 0.564 bits per heavy atom. The Hall–Kier alpha value is -8.26. The van der Waals surface area contributed by atoms with Crippen LogP contribution >= 0.6 is 0 Å². The minimum absolute atomic E-state index is 0.0242. The van der Waals surface area contributed by atoms with E-state index in [9.17, 15) is 38.4 Å². The Morgan fingerprint density at radius 1 is 0.319 bits per heavy atom. The summed E-state index contributed by atoms with van der Waals surface area (Å²) in [7, 11) is 0. The third-order valence-electron chi connectivity index (χ3n) is 12.8. The molecule has 0 bridgehead atoms. The van der Waals surface area contributed by atoms with E-state index < -0.39 is 95.2 Å². The van der Waals surface area contributed by atoms with Crippen LogP contribution in [-0.2, 0) is 110 Å². The van der Waals surface area contributed by atoms with Gasteiger partial charge in [0.2, 0.25) is 0 Å². The number of esters is 8. The van der Waals surface area contributed by atoms with Gasteiger partial charge >= 0.3 is 47.8 Å². The lowest BCUT2D eigenvalue weighted by Crippen LogP contribution is -2.36. The van der Waals surface area contributed by atoms with Crippen molar-refractivity contribution >= 4 is 47.8 Å². The summed E-state index contributed by atoms with van der Waals surface area (Å²) in [6, 6.07) is 14.9. The number of rotatable bonds is 47. The molecular formula is C70H96O24. The molecule has 0 radical (unpaired) electrons. The number of benzene rings is 2. The van der Waals surface area contributed by atoms with Crippen molar-refractivity contribution in [1.82, 2.24) is 0 Å². The molecule has 24 heteroatoms. The van der Waals surface area contributed by atoms with E-state index in [1.807, 2.05) is 24.3 Å². The Labute approximate surface area is 552 Å². The van der Waals surface area contributed by atoms with Crippen LogP contribution in [0.3, 0.4) is 0 Å². The van der Waals surface area contributed by atoms with Gasteiger partial charge in [-0.05, 0) is 105 Å². The van der Waals surface area contributed by atoms with Gasteiger partial charge in [-0.25, -0.2) is 33.6 Å². The molecule has 0 amide bonds. The highest BCUT2D eigenvalue weighted by atomic mass is 16.6. The van der Waals surface area contributed by atoms with Gasteiger partial charge < -0.3 is 75.8 Å². The molecule has 0 saturated heterocycles. The molecule has 0 aliphatic carbocycles. The first kappa shape index (κ1) is 81.8. The molecule has 0 heterocycles. The minimum Gasteiger partial charge on any atom is -0.491 e. The van der Waals surface area contributed by atoms with Gasteiger partial charge in [-0.1, -0.05) is 84.2 Å². The van der Waals surface area contributed by atoms with Crippen molar-refractivity contribution in [2.45, 2.75) is 125 Å². The molecule has 520 valence electrons. The molecule has 0 fully saturated rings. The number of hydrogen-bond acceptors (Lipinski definition) is 24. The molecule has 2 aromatic carbocycles. The Bertz CT molecular complexity index is 2910. The zero-order valence-electron chi connectivity index (χ0n) is 56.6. The van der Waals surface area contributed by atoms with Crippen LogP contribution in [0.1, 0.15) is 94.2 Å². The summed E-state index contributed by atoms with van der Waals surface area (Å²) in [6.07, 6.45) is -5.52. The van der Waals surface area contributed by atoms with Crippen molar-refractivity contribution in [2.24, 2.45) is 5.41 Å². The van der Waals surface area contributed by atoms with Gasteiger partial charge in [-0.2, -0.15) is 0 Å². The van der Waals surface area contributed by atoms with E-state index in [-0.39, 0.29) is 145 Å². The molecule has 6 atom stereocenters. The van der Waals surface area contributed by atoms with E-state index in [0.29, 0.717) is 11.5 Å². The molecule has 2 aromatic rings. The van der Waals surface area contributed by atoms with E-state index in [1.165, 1.54) is 48.5 Å². The van der Waals surface area contributed by atoms with Crippen molar-refractivity contribution in [3.63, 3.8) is 0 Å². The number of carbonyl (C=O) groups is 8. The van der Waals surface area contributed by atoms with Crippen molar-refractivity contribution in [3.05, 3.63) is 145 Å². The van der Waals surface area contributed by atoms with Gasteiger partial charge in [0, 0.05) is 44.4 Å². The lowest BCUT2D eigenvalue weighted by atomic mass is 9.78. The van der Waals surface area contributed by atoms with E-state index in [0.717, 1.165) is 11.1 Å². The van der Waals surface area contributed by atoms with Crippen LogP contribution in [0.5, 0.6) is 11.5 Å². The van der Waals surface area contributed by atoms with E-state index in [1.54, 1.807) is 45.0 Å². The molecule has 94 heavy (non-hydrogen) atoms. The third kappa shape index (κ3) is 33.0. The average Bonchev–Trinajstić information content (AvgIpc) is 0.813. The Morgan fingerprint density at radius 3 is 0.819 bits per heavy atom. The first-order valence-electron chi connectivity index (χ1n) is 30.2. The summed E-state index contributed by atoms with van der Waals surface area (Å²) >= 11 is 0. The molecule has 0 saturated carbocycles. The smallest absolute Gasteiger partial charge is 0.333 e. The van der Waals surface area contributed by atoms with Gasteiger partial charge in [-0.3, -0.25) is 4.79 Å². The fourth-order valence-corrected chi connectivity index (χ4v) is 7.07. The van der Waals surface area contributed by atoms with Crippen molar-refractivity contribution in [1.29, 1.82) is 0 Å².